The van der Waals surface area contributed by atoms with E-state index in [-0.39, 0.29) is 17.3 Å². The van der Waals surface area contributed by atoms with Crippen molar-refractivity contribution in [3.05, 3.63) is 35.4 Å². The Morgan fingerprint density at radius 3 is 2.50 bits per heavy atom. The molecule has 0 radical (unpaired) electrons. The summed E-state index contributed by atoms with van der Waals surface area (Å²) in [6, 6.07) is 5.54. The molecule has 0 aliphatic heterocycles. The van der Waals surface area contributed by atoms with Gasteiger partial charge < -0.3 is 15.5 Å². The van der Waals surface area contributed by atoms with Gasteiger partial charge in [-0.2, -0.15) is 11.8 Å². The number of benzene rings is 1. The van der Waals surface area contributed by atoms with Gasteiger partial charge in [-0.3, -0.25) is 14.4 Å². The van der Waals surface area contributed by atoms with E-state index in [1.165, 1.54) is 6.92 Å². The molecule has 2 rings (SSSR count). The van der Waals surface area contributed by atoms with Gasteiger partial charge in [-0.15, -0.1) is 0 Å². The summed E-state index contributed by atoms with van der Waals surface area (Å²) in [5.41, 5.74) is 0.907. The maximum atomic E-state index is 12.4. The van der Waals surface area contributed by atoms with E-state index in [1.54, 1.807) is 24.3 Å². The molecule has 0 bridgehead atoms. The van der Waals surface area contributed by atoms with Crippen LogP contribution >= 0.6 is 11.8 Å². The van der Waals surface area contributed by atoms with E-state index in [2.05, 4.69) is 5.32 Å². The van der Waals surface area contributed by atoms with Crippen LogP contribution in [-0.2, 0) is 14.4 Å². The van der Waals surface area contributed by atoms with Crippen molar-refractivity contribution in [2.45, 2.75) is 18.9 Å². The number of carbonyl (C=O) groups is 4. The Labute approximate surface area is 142 Å². The Morgan fingerprint density at radius 1 is 1.25 bits per heavy atom. The summed E-state index contributed by atoms with van der Waals surface area (Å²) in [6.07, 6.45) is 0. The van der Waals surface area contributed by atoms with Gasteiger partial charge in [0, 0.05) is 29.9 Å². The quantitative estimate of drug-likeness (QED) is 0.670. The van der Waals surface area contributed by atoms with E-state index < -0.39 is 35.7 Å². The molecule has 1 aliphatic carbocycles. The Morgan fingerprint density at radius 2 is 1.92 bits per heavy atom. The van der Waals surface area contributed by atoms with Crippen LogP contribution < -0.4 is 5.32 Å². The average molecular weight is 351 g/mol. The topological polar surface area (TPSA) is 121 Å². The van der Waals surface area contributed by atoms with Gasteiger partial charge in [-0.1, -0.05) is 24.3 Å². The van der Waals surface area contributed by atoms with E-state index in [0.717, 1.165) is 11.8 Å². The molecule has 1 aliphatic rings. The average Bonchev–Trinajstić information content (AvgIpc) is 2.79. The first-order valence-electron chi connectivity index (χ1n) is 7.26. The van der Waals surface area contributed by atoms with Crippen LogP contribution in [-0.4, -0.2) is 51.4 Å². The van der Waals surface area contributed by atoms with Crippen LogP contribution in [0.4, 0.5) is 0 Å². The highest BCUT2D eigenvalue weighted by atomic mass is 32.2. The number of carboxylic acids is 2. The van der Waals surface area contributed by atoms with Crippen molar-refractivity contribution in [2.24, 2.45) is 5.92 Å². The first-order chi connectivity index (χ1) is 11.3. The first-order valence-corrected chi connectivity index (χ1v) is 8.42. The summed E-state index contributed by atoms with van der Waals surface area (Å²) < 4.78 is 0. The predicted molar refractivity (Wildman–Crippen MR) is 87.2 cm³/mol. The van der Waals surface area contributed by atoms with Crippen LogP contribution in [0.2, 0.25) is 0 Å². The number of thioether (sulfide) groups is 1. The maximum Gasteiger partial charge on any atom is 0.327 e. The number of amides is 1. The number of fused-ring (bicyclic) bond motifs is 1. The van der Waals surface area contributed by atoms with Gasteiger partial charge in [0.05, 0.1) is 5.92 Å². The van der Waals surface area contributed by atoms with Gasteiger partial charge in [0.2, 0.25) is 5.91 Å². The molecule has 0 saturated heterocycles. The van der Waals surface area contributed by atoms with Crippen molar-refractivity contribution in [2.75, 3.05) is 11.5 Å². The molecule has 0 heterocycles. The highest BCUT2D eigenvalue weighted by Crippen LogP contribution is 2.39. The number of Topliss-reactive ketones (excluding diaryl/α,β-unsaturated/α-hetero) is 1. The zero-order chi connectivity index (χ0) is 17.9. The largest absolute Gasteiger partial charge is 0.481 e. The van der Waals surface area contributed by atoms with Crippen LogP contribution in [0.3, 0.4) is 0 Å². The minimum atomic E-state index is -1.17. The van der Waals surface area contributed by atoms with Crippen molar-refractivity contribution in [3.63, 3.8) is 0 Å². The molecule has 0 saturated carbocycles. The van der Waals surface area contributed by atoms with Crippen molar-refractivity contribution >= 4 is 35.4 Å². The molecule has 0 spiro atoms. The monoisotopic (exact) mass is 351 g/mol. The van der Waals surface area contributed by atoms with E-state index >= 15 is 0 Å². The molecule has 1 amide bonds. The van der Waals surface area contributed by atoms with Crippen molar-refractivity contribution < 1.29 is 29.4 Å². The molecule has 0 fully saturated rings. The van der Waals surface area contributed by atoms with E-state index in [9.17, 15) is 24.3 Å². The number of ketones is 1. The van der Waals surface area contributed by atoms with Crippen LogP contribution in [0.1, 0.15) is 28.8 Å². The number of hydrogen-bond donors (Lipinski definition) is 3. The van der Waals surface area contributed by atoms with Gasteiger partial charge in [0.25, 0.3) is 0 Å². The van der Waals surface area contributed by atoms with E-state index in [1.807, 2.05) is 0 Å². The molecule has 1 aromatic rings. The zero-order valence-corrected chi connectivity index (χ0v) is 13.7. The lowest BCUT2D eigenvalue weighted by molar-refractivity contribution is -0.141. The summed E-state index contributed by atoms with van der Waals surface area (Å²) in [5, 5.41) is 20.8. The molecule has 0 aromatic heterocycles. The highest BCUT2D eigenvalue weighted by Gasteiger charge is 2.43. The number of aliphatic carboxylic acids is 2. The summed E-state index contributed by atoms with van der Waals surface area (Å²) in [4.78, 5) is 46.1. The molecular weight excluding hydrogens is 334 g/mol. The van der Waals surface area contributed by atoms with Crippen LogP contribution in [0, 0.1) is 5.92 Å². The van der Waals surface area contributed by atoms with Gasteiger partial charge in [0.1, 0.15) is 6.04 Å². The maximum absolute atomic E-state index is 12.4. The van der Waals surface area contributed by atoms with Crippen molar-refractivity contribution in [1.82, 2.24) is 5.32 Å². The third kappa shape index (κ3) is 3.76. The summed E-state index contributed by atoms with van der Waals surface area (Å²) in [6.45, 7) is 1.22. The lowest BCUT2D eigenvalue weighted by Crippen LogP contribution is -2.41. The molecule has 1 aromatic carbocycles. The molecule has 8 heteroatoms. The number of carbonyl (C=O) groups excluding carboxylic acids is 2. The zero-order valence-electron chi connectivity index (χ0n) is 12.9. The second kappa shape index (κ2) is 7.48. The lowest BCUT2D eigenvalue weighted by Gasteiger charge is -2.17. The number of hydrogen-bond acceptors (Lipinski definition) is 5. The van der Waals surface area contributed by atoms with Gasteiger partial charge in [0.15, 0.2) is 5.78 Å². The van der Waals surface area contributed by atoms with E-state index in [4.69, 9.17) is 5.11 Å². The van der Waals surface area contributed by atoms with Gasteiger partial charge >= 0.3 is 11.9 Å². The van der Waals surface area contributed by atoms with Crippen molar-refractivity contribution in [3.8, 4) is 0 Å². The lowest BCUT2D eigenvalue weighted by atomic mass is 9.94. The molecule has 3 atom stereocenters. The number of nitrogens with one attached hydrogen (secondary N) is 1. The summed E-state index contributed by atoms with van der Waals surface area (Å²) in [5.74, 6) is -4.38. The Hall–Kier alpha value is -2.35. The summed E-state index contributed by atoms with van der Waals surface area (Å²) >= 11 is 1.14. The van der Waals surface area contributed by atoms with E-state index in [0.29, 0.717) is 11.1 Å². The highest BCUT2D eigenvalue weighted by molar-refractivity contribution is 7.99. The summed E-state index contributed by atoms with van der Waals surface area (Å²) in [7, 11) is 0. The van der Waals surface area contributed by atoms with Gasteiger partial charge in [-0.25, -0.2) is 4.79 Å². The smallest absolute Gasteiger partial charge is 0.327 e. The predicted octanol–water partition coefficient (Wildman–Crippen LogP) is 0.990. The second-order valence-corrected chi connectivity index (χ2v) is 6.58. The standard InChI is InChI=1S/C16H17NO6S/c1-8(18)17-12(15(20)21)7-24-6-11-13(16(22)23)9-4-2-3-5-10(9)14(11)19/h2-5,11-13H,6-7H2,1H3,(H,17,18)(H,20,21)(H,22,23). The second-order valence-electron chi connectivity index (χ2n) is 5.50. The van der Waals surface area contributed by atoms with Crippen LogP contribution in [0.5, 0.6) is 0 Å². The third-order valence-corrected chi connectivity index (χ3v) is 4.99. The van der Waals surface area contributed by atoms with Crippen molar-refractivity contribution in [1.29, 1.82) is 0 Å². The molecular formula is C16H17NO6S. The Bertz CT molecular complexity index is 689. The fourth-order valence-corrected chi connectivity index (χ4v) is 3.97. The number of carboxylic acid groups (broad SMARTS) is 2. The molecule has 128 valence electrons. The third-order valence-electron chi connectivity index (χ3n) is 3.82. The molecule has 3 N–H and O–H groups in total. The number of rotatable bonds is 7. The first kappa shape index (κ1) is 18.0. The fraction of sp³-hybridized carbons (Fsp3) is 0.375. The Kier molecular flexibility index (Phi) is 5.61. The molecule has 24 heavy (non-hydrogen) atoms. The molecule has 7 nitrogen and oxygen atoms in total. The van der Waals surface area contributed by atoms with Crippen LogP contribution in [0.25, 0.3) is 0 Å². The Balaban J connectivity index is 2.07. The van der Waals surface area contributed by atoms with Crippen LogP contribution in [0.15, 0.2) is 24.3 Å². The molecule has 3 unspecified atom stereocenters. The fourth-order valence-electron chi connectivity index (χ4n) is 2.77. The minimum absolute atomic E-state index is 0.0569. The SMILES string of the molecule is CC(=O)NC(CSCC1C(=O)c2ccccc2C1C(=O)O)C(=O)O. The normalized spacial score (nSPS) is 20.3. The minimum Gasteiger partial charge on any atom is -0.481 e. The van der Waals surface area contributed by atoms with Gasteiger partial charge in [-0.05, 0) is 5.56 Å².